The Morgan fingerprint density at radius 2 is 2.12 bits per heavy atom. The Bertz CT molecular complexity index is 416. The summed E-state index contributed by atoms with van der Waals surface area (Å²) < 4.78 is 0. The van der Waals surface area contributed by atoms with Crippen LogP contribution in [0.2, 0.25) is 0 Å². The number of nitrogen functional groups attached to an aromatic ring is 1. The zero-order chi connectivity index (χ0) is 11.8. The Balaban J connectivity index is 1.89. The van der Waals surface area contributed by atoms with Crippen LogP contribution < -0.4 is 10.6 Å². The number of nitrogens with two attached hydrogens (primary N) is 1. The molecule has 1 aliphatic carbocycles. The van der Waals surface area contributed by atoms with Crippen molar-refractivity contribution in [1.82, 2.24) is 4.98 Å². The number of aryl methyl sites for hydroxylation is 1. The Hall–Kier alpha value is -1.25. The second-order valence-corrected chi connectivity index (χ2v) is 5.49. The lowest BCUT2D eigenvalue weighted by Gasteiger charge is -2.38. The van der Waals surface area contributed by atoms with Gasteiger partial charge in [-0.3, -0.25) is 0 Å². The van der Waals surface area contributed by atoms with E-state index in [4.69, 9.17) is 5.73 Å². The maximum atomic E-state index is 6.00. The fraction of sp³-hybridized carbons (Fsp3) is 0.643. The van der Waals surface area contributed by atoms with Crippen LogP contribution in [0.4, 0.5) is 11.5 Å². The van der Waals surface area contributed by atoms with Crippen LogP contribution in [-0.2, 0) is 0 Å². The summed E-state index contributed by atoms with van der Waals surface area (Å²) in [6.45, 7) is 3.16. The molecule has 2 heterocycles. The fourth-order valence-electron chi connectivity index (χ4n) is 3.42. The van der Waals surface area contributed by atoms with Crippen molar-refractivity contribution in [1.29, 1.82) is 0 Å². The zero-order valence-electron chi connectivity index (χ0n) is 10.5. The van der Waals surface area contributed by atoms with Crippen molar-refractivity contribution in [2.75, 3.05) is 17.2 Å². The lowest BCUT2D eigenvalue weighted by molar-refractivity contribution is 0.360. The molecule has 2 aliphatic rings. The molecule has 3 rings (SSSR count). The van der Waals surface area contributed by atoms with Gasteiger partial charge in [0.1, 0.15) is 5.82 Å². The summed E-state index contributed by atoms with van der Waals surface area (Å²) in [6, 6.07) is 2.77. The quantitative estimate of drug-likeness (QED) is 0.808. The van der Waals surface area contributed by atoms with E-state index < -0.39 is 0 Å². The number of hydrogen-bond donors (Lipinski definition) is 1. The molecular weight excluding hydrogens is 210 g/mol. The van der Waals surface area contributed by atoms with Gasteiger partial charge < -0.3 is 10.6 Å². The monoisotopic (exact) mass is 231 g/mol. The van der Waals surface area contributed by atoms with Gasteiger partial charge in [0.2, 0.25) is 0 Å². The molecule has 0 spiro atoms. The molecule has 1 aromatic heterocycles. The second kappa shape index (κ2) is 4.21. The van der Waals surface area contributed by atoms with Crippen LogP contribution in [0.3, 0.4) is 0 Å². The van der Waals surface area contributed by atoms with E-state index in [1.165, 1.54) is 32.1 Å². The number of hydrogen-bond acceptors (Lipinski definition) is 3. The van der Waals surface area contributed by atoms with Gasteiger partial charge in [0.15, 0.2) is 0 Å². The van der Waals surface area contributed by atoms with Gasteiger partial charge in [-0.25, -0.2) is 4.98 Å². The van der Waals surface area contributed by atoms with Crippen LogP contribution in [0.25, 0.3) is 0 Å². The largest absolute Gasteiger partial charge is 0.398 e. The topological polar surface area (TPSA) is 42.2 Å². The van der Waals surface area contributed by atoms with Crippen molar-refractivity contribution in [2.24, 2.45) is 5.92 Å². The molecule has 2 N–H and O–H groups in total. The lowest BCUT2D eigenvalue weighted by atomic mass is 9.92. The van der Waals surface area contributed by atoms with Gasteiger partial charge in [0, 0.05) is 30.5 Å². The van der Waals surface area contributed by atoms with Crippen molar-refractivity contribution in [2.45, 2.75) is 45.1 Å². The molecular formula is C14H21N3. The molecule has 92 valence electrons. The number of rotatable bonds is 1. The molecule has 0 radical (unpaired) electrons. The minimum atomic E-state index is 0.721. The standard InChI is InChI=1S/C14H21N3/c1-10-9-16-14(8-12(10)15)17-7-3-5-11-4-2-6-13(11)17/h8-9,11,13H,2-7H2,1H3,(H2,15,16). The van der Waals surface area contributed by atoms with E-state index in [2.05, 4.69) is 16.0 Å². The molecule has 2 fully saturated rings. The number of nitrogens with zero attached hydrogens (tertiary/aromatic N) is 2. The molecule has 0 bridgehead atoms. The van der Waals surface area contributed by atoms with E-state index in [-0.39, 0.29) is 0 Å². The molecule has 1 saturated heterocycles. The van der Waals surface area contributed by atoms with Gasteiger partial charge in [0.05, 0.1) is 0 Å². The van der Waals surface area contributed by atoms with Crippen molar-refractivity contribution < 1.29 is 0 Å². The lowest BCUT2D eigenvalue weighted by Crippen LogP contribution is -2.43. The summed E-state index contributed by atoms with van der Waals surface area (Å²) in [4.78, 5) is 7.07. The van der Waals surface area contributed by atoms with Gasteiger partial charge in [-0.2, -0.15) is 0 Å². The molecule has 17 heavy (non-hydrogen) atoms. The third-order valence-electron chi connectivity index (χ3n) is 4.42. The Morgan fingerprint density at radius 1 is 1.29 bits per heavy atom. The van der Waals surface area contributed by atoms with Crippen molar-refractivity contribution in [3.63, 3.8) is 0 Å². The predicted molar refractivity (Wildman–Crippen MR) is 71.1 cm³/mol. The number of piperidine rings is 1. The number of aromatic nitrogens is 1. The molecule has 1 aromatic rings. The molecule has 0 aromatic carbocycles. The predicted octanol–water partition coefficient (Wildman–Crippen LogP) is 2.74. The minimum absolute atomic E-state index is 0.721. The van der Waals surface area contributed by atoms with Gasteiger partial charge in [-0.15, -0.1) is 0 Å². The third-order valence-corrected chi connectivity index (χ3v) is 4.42. The Labute approximate surface area is 103 Å². The highest BCUT2D eigenvalue weighted by atomic mass is 15.2. The average Bonchev–Trinajstić information content (AvgIpc) is 2.80. The van der Waals surface area contributed by atoms with E-state index in [1.54, 1.807) is 0 Å². The summed E-state index contributed by atoms with van der Waals surface area (Å²) in [6.07, 6.45) is 8.73. The van der Waals surface area contributed by atoms with Crippen molar-refractivity contribution >= 4 is 11.5 Å². The Morgan fingerprint density at radius 3 is 2.94 bits per heavy atom. The summed E-state index contributed by atoms with van der Waals surface area (Å²) >= 11 is 0. The molecule has 2 atom stereocenters. The maximum Gasteiger partial charge on any atom is 0.130 e. The van der Waals surface area contributed by atoms with Crippen LogP contribution in [0.15, 0.2) is 12.3 Å². The molecule has 0 amide bonds. The summed E-state index contributed by atoms with van der Waals surface area (Å²) in [7, 11) is 0. The minimum Gasteiger partial charge on any atom is -0.398 e. The van der Waals surface area contributed by atoms with E-state index in [9.17, 15) is 0 Å². The first-order chi connectivity index (χ1) is 8.25. The molecule has 2 unspecified atom stereocenters. The first-order valence-electron chi connectivity index (χ1n) is 6.74. The highest BCUT2D eigenvalue weighted by Crippen LogP contribution is 2.38. The van der Waals surface area contributed by atoms with E-state index >= 15 is 0 Å². The van der Waals surface area contributed by atoms with Crippen molar-refractivity contribution in [3.05, 3.63) is 17.8 Å². The highest BCUT2D eigenvalue weighted by molar-refractivity contribution is 5.55. The van der Waals surface area contributed by atoms with Crippen molar-refractivity contribution in [3.8, 4) is 0 Å². The van der Waals surface area contributed by atoms with Gasteiger partial charge in [0.25, 0.3) is 0 Å². The van der Waals surface area contributed by atoms with E-state index in [0.29, 0.717) is 0 Å². The van der Waals surface area contributed by atoms with Crippen LogP contribution in [0.5, 0.6) is 0 Å². The summed E-state index contributed by atoms with van der Waals surface area (Å²) in [5.74, 6) is 1.98. The van der Waals surface area contributed by atoms with Gasteiger partial charge >= 0.3 is 0 Å². The Kier molecular flexibility index (Phi) is 2.69. The first-order valence-corrected chi connectivity index (χ1v) is 6.74. The molecule has 1 aliphatic heterocycles. The number of pyridine rings is 1. The van der Waals surface area contributed by atoms with Crippen LogP contribution in [-0.4, -0.2) is 17.6 Å². The van der Waals surface area contributed by atoms with E-state index in [0.717, 1.165) is 35.6 Å². The molecule has 1 saturated carbocycles. The smallest absolute Gasteiger partial charge is 0.130 e. The van der Waals surface area contributed by atoms with Crippen LogP contribution in [0, 0.1) is 12.8 Å². The summed E-state index contributed by atoms with van der Waals surface area (Å²) in [5, 5.41) is 0. The van der Waals surface area contributed by atoms with Crippen LogP contribution in [0.1, 0.15) is 37.7 Å². The second-order valence-electron chi connectivity index (χ2n) is 5.49. The number of anilines is 2. The van der Waals surface area contributed by atoms with Gasteiger partial charge in [-0.05, 0) is 44.1 Å². The number of fused-ring (bicyclic) bond motifs is 1. The van der Waals surface area contributed by atoms with Gasteiger partial charge in [-0.1, -0.05) is 6.42 Å². The zero-order valence-corrected chi connectivity index (χ0v) is 10.5. The van der Waals surface area contributed by atoms with E-state index in [1.807, 2.05) is 13.1 Å². The molecule has 3 heteroatoms. The van der Waals surface area contributed by atoms with Crippen LogP contribution >= 0.6 is 0 Å². The highest BCUT2D eigenvalue weighted by Gasteiger charge is 2.35. The normalized spacial score (nSPS) is 28.2. The third kappa shape index (κ3) is 1.88. The maximum absolute atomic E-state index is 6.00. The average molecular weight is 231 g/mol. The fourth-order valence-corrected chi connectivity index (χ4v) is 3.42. The summed E-state index contributed by atoms with van der Waals surface area (Å²) in [5.41, 5.74) is 7.95. The molecule has 3 nitrogen and oxygen atoms in total. The SMILES string of the molecule is Cc1cnc(N2CCCC3CCCC32)cc1N. The first kappa shape index (κ1) is 10.9.